The van der Waals surface area contributed by atoms with Crippen molar-refractivity contribution in [1.29, 1.82) is 0 Å². The summed E-state index contributed by atoms with van der Waals surface area (Å²) in [6.07, 6.45) is 0. The number of ketones is 1. The van der Waals surface area contributed by atoms with E-state index in [1.165, 1.54) is 6.92 Å². The van der Waals surface area contributed by atoms with Crippen LogP contribution in [0.15, 0.2) is 60.7 Å². The van der Waals surface area contributed by atoms with E-state index in [2.05, 4.69) is 0 Å². The SMILES string of the molecule is CC(=O)[C@H](CO)N(Cc1ccccc1)Cc1ccccc1. The fraction of sp³-hybridized carbons (Fsp3) is 0.278. The summed E-state index contributed by atoms with van der Waals surface area (Å²) in [7, 11) is 0. The lowest BCUT2D eigenvalue weighted by Gasteiger charge is -2.29. The number of Topliss-reactive ketones (excluding diaryl/α,β-unsaturated/α-hetero) is 1. The zero-order chi connectivity index (χ0) is 15.1. The maximum absolute atomic E-state index is 11.8. The Hall–Kier alpha value is -1.97. The lowest BCUT2D eigenvalue weighted by atomic mass is 10.1. The van der Waals surface area contributed by atoms with Crippen LogP contribution in [0, 0.1) is 0 Å². The fourth-order valence-electron chi connectivity index (χ4n) is 2.41. The minimum Gasteiger partial charge on any atom is -0.394 e. The van der Waals surface area contributed by atoms with E-state index in [4.69, 9.17) is 0 Å². The summed E-state index contributed by atoms with van der Waals surface area (Å²) >= 11 is 0. The molecular weight excluding hydrogens is 262 g/mol. The summed E-state index contributed by atoms with van der Waals surface area (Å²) in [5.74, 6) is -0.00985. The quantitative estimate of drug-likeness (QED) is 0.849. The molecule has 0 aliphatic carbocycles. The lowest BCUT2D eigenvalue weighted by molar-refractivity contribution is -0.124. The van der Waals surface area contributed by atoms with Crippen LogP contribution in [0.25, 0.3) is 0 Å². The van der Waals surface area contributed by atoms with Crippen molar-refractivity contribution < 1.29 is 9.90 Å². The Kier molecular flexibility index (Phi) is 5.67. The van der Waals surface area contributed by atoms with Crippen molar-refractivity contribution in [3.63, 3.8) is 0 Å². The van der Waals surface area contributed by atoms with Gasteiger partial charge in [-0.2, -0.15) is 0 Å². The van der Waals surface area contributed by atoms with Crippen LogP contribution in [0.5, 0.6) is 0 Å². The van der Waals surface area contributed by atoms with Crippen molar-refractivity contribution in [2.24, 2.45) is 0 Å². The Morgan fingerprint density at radius 2 is 1.38 bits per heavy atom. The molecule has 3 heteroatoms. The standard InChI is InChI=1S/C18H21NO2/c1-15(21)18(14-20)19(12-16-8-4-2-5-9-16)13-17-10-6-3-7-11-17/h2-11,18,20H,12-14H2,1H3/t18-/m0/s1. The van der Waals surface area contributed by atoms with E-state index >= 15 is 0 Å². The van der Waals surface area contributed by atoms with Gasteiger partial charge in [0.1, 0.15) is 5.78 Å². The first-order valence-corrected chi connectivity index (χ1v) is 7.14. The third-order valence-electron chi connectivity index (χ3n) is 3.54. The third kappa shape index (κ3) is 4.52. The van der Waals surface area contributed by atoms with Crippen molar-refractivity contribution in [2.75, 3.05) is 6.61 Å². The molecule has 21 heavy (non-hydrogen) atoms. The smallest absolute Gasteiger partial charge is 0.149 e. The van der Waals surface area contributed by atoms with Crippen LogP contribution in [-0.4, -0.2) is 28.4 Å². The Bertz CT molecular complexity index is 512. The van der Waals surface area contributed by atoms with Gasteiger partial charge in [-0.1, -0.05) is 60.7 Å². The van der Waals surface area contributed by atoms with Gasteiger partial charge >= 0.3 is 0 Å². The van der Waals surface area contributed by atoms with Crippen molar-refractivity contribution in [2.45, 2.75) is 26.1 Å². The Labute approximate surface area is 125 Å². The van der Waals surface area contributed by atoms with E-state index in [1.54, 1.807) is 0 Å². The number of hydrogen-bond acceptors (Lipinski definition) is 3. The van der Waals surface area contributed by atoms with Crippen molar-refractivity contribution in [1.82, 2.24) is 4.90 Å². The Morgan fingerprint density at radius 1 is 0.952 bits per heavy atom. The molecule has 2 rings (SSSR count). The normalized spacial score (nSPS) is 12.3. The monoisotopic (exact) mass is 283 g/mol. The average molecular weight is 283 g/mol. The van der Waals surface area contributed by atoms with Gasteiger partial charge in [0.25, 0.3) is 0 Å². The lowest BCUT2D eigenvalue weighted by Crippen LogP contribution is -2.41. The van der Waals surface area contributed by atoms with E-state index in [-0.39, 0.29) is 12.4 Å². The Balaban J connectivity index is 2.19. The largest absolute Gasteiger partial charge is 0.394 e. The summed E-state index contributed by atoms with van der Waals surface area (Å²) in [6.45, 7) is 2.65. The van der Waals surface area contributed by atoms with E-state index < -0.39 is 6.04 Å². The minimum absolute atomic E-state index is 0.00985. The molecule has 0 amide bonds. The van der Waals surface area contributed by atoms with E-state index in [1.807, 2.05) is 65.6 Å². The first-order valence-electron chi connectivity index (χ1n) is 7.14. The van der Waals surface area contributed by atoms with Crippen LogP contribution in [-0.2, 0) is 17.9 Å². The summed E-state index contributed by atoms with van der Waals surface area (Å²) in [4.78, 5) is 13.8. The van der Waals surface area contributed by atoms with Gasteiger partial charge in [-0.15, -0.1) is 0 Å². The highest BCUT2D eigenvalue weighted by Crippen LogP contribution is 2.14. The maximum atomic E-state index is 11.8. The predicted octanol–water partition coefficient (Wildman–Crippen LogP) is 2.64. The zero-order valence-corrected chi connectivity index (χ0v) is 12.3. The first kappa shape index (κ1) is 15.4. The molecule has 0 aliphatic rings. The molecule has 1 atom stereocenters. The number of aliphatic hydroxyl groups is 1. The summed E-state index contributed by atoms with van der Waals surface area (Å²) < 4.78 is 0. The third-order valence-corrected chi connectivity index (χ3v) is 3.54. The van der Waals surface area contributed by atoms with Crippen molar-refractivity contribution in [3.05, 3.63) is 71.8 Å². The van der Waals surface area contributed by atoms with Crippen LogP contribution < -0.4 is 0 Å². The molecule has 2 aromatic carbocycles. The van der Waals surface area contributed by atoms with Crippen LogP contribution in [0.2, 0.25) is 0 Å². The molecule has 0 aliphatic heterocycles. The number of hydrogen-bond donors (Lipinski definition) is 1. The predicted molar refractivity (Wildman–Crippen MR) is 83.7 cm³/mol. The fourth-order valence-corrected chi connectivity index (χ4v) is 2.41. The zero-order valence-electron chi connectivity index (χ0n) is 12.3. The number of rotatable bonds is 7. The molecule has 0 saturated heterocycles. The average Bonchev–Trinajstić information content (AvgIpc) is 2.49. The minimum atomic E-state index is -0.467. The molecule has 2 aromatic rings. The van der Waals surface area contributed by atoms with Crippen molar-refractivity contribution >= 4 is 5.78 Å². The molecule has 1 N–H and O–H groups in total. The van der Waals surface area contributed by atoms with Gasteiger partial charge in [0.2, 0.25) is 0 Å². The number of carbonyl (C=O) groups excluding carboxylic acids is 1. The molecular formula is C18H21NO2. The molecule has 110 valence electrons. The maximum Gasteiger partial charge on any atom is 0.149 e. The van der Waals surface area contributed by atoms with Crippen molar-refractivity contribution in [3.8, 4) is 0 Å². The summed E-state index contributed by atoms with van der Waals surface area (Å²) in [5, 5.41) is 9.56. The van der Waals surface area contributed by atoms with Crippen LogP contribution >= 0.6 is 0 Å². The number of aliphatic hydroxyl groups excluding tert-OH is 1. The van der Waals surface area contributed by atoms with Gasteiger partial charge in [-0.3, -0.25) is 9.69 Å². The van der Waals surface area contributed by atoms with E-state index in [9.17, 15) is 9.90 Å². The second kappa shape index (κ2) is 7.72. The molecule has 0 radical (unpaired) electrons. The van der Waals surface area contributed by atoms with Gasteiger partial charge in [0.15, 0.2) is 0 Å². The molecule has 3 nitrogen and oxygen atoms in total. The summed E-state index contributed by atoms with van der Waals surface area (Å²) in [6, 6.07) is 19.5. The molecule has 0 unspecified atom stereocenters. The van der Waals surface area contributed by atoms with Crippen LogP contribution in [0.4, 0.5) is 0 Å². The van der Waals surface area contributed by atoms with Crippen LogP contribution in [0.1, 0.15) is 18.1 Å². The number of benzene rings is 2. The van der Waals surface area contributed by atoms with Gasteiger partial charge in [-0.05, 0) is 18.1 Å². The highest BCUT2D eigenvalue weighted by atomic mass is 16.3. The number of carbonyl (C=O) groups is 1. The highest BCUT2D eigenvalue weighted by molar-refractivity contribution is 5.81. The number of nitrogens with zero attached hydrogens (tertiary/aromatic N) is 1. The molecule has 0 fully saturated rings. The highest BCUT2D eigenvalue weighted by Gasteiger charge is 2.22. The van der Waals surface area contributed by atoms with Gasteiger partial charge in [-0.25, -0.2) is 0 Å². The molecule has 0 heterocycles. The molecule has 0 aromatic heterocycles. The Morgan fingerprint density at radius 3 is 1.71 bits per heavy atom. The van der Waals surface area contributed by atoms with Gasteiger partial charge in [0, 0.05) is 13.1 Å². The second-order valence-corrected chi connectivity index (χ2v) is 5.19. The molecule has 0 bridgehead atoms. The molecule has 0 spiro atoms. The summed E-state index contributed by atoms with van der Waals surface area (Å²) in [5.41, 5.74) is 2.27. The van der Waals surface area contributed by atoms with Crippen LogP contribution in [0.3, 0.4) is 0 Å². The second-order valence-electron chi connectivity index (χ2n) is 5.19. The first-order chi connectivity index (χ1) is 10.2. The van der Waals surface area contributed by atoms with E-state index in [0.29, 0.717) is 13.1 Å². The molecule has 0 saturated carbocycles. The topological polar surface area (TPSA) is 40.5 Å². The van der Waals surface area contributed by atoms with E-state index in [0.717, 1.165) is 11.1 Å². The van der Waals surface area contributed by atoms with Gasteiger partial charge < -0.3 is 5.11 Å². The van der Waals surface area contributed by atoms with Gasteiger partial charge in [0.05, 0.1) is 12.6 Å².